The van der Waals surface area contributed by atoms with E-state index in [0.717, 1.165) is 38.5 Å². The first kappa shape index (κ1) is 14.4. The van der Waals surface area contributed by atoms with Crippen molar-refractivity contribution in [1.82, 2.24) is 10.2 Å². The molecule has 3 heteroatoms. The maximum atomic E-state index is 10.1. The van der Waals surface area contributed by atoms with Gasteiger partial charge in [0, 0.05) is 13.1 Å². The van der Waals surface area contributed by atoms with Gasteiger partial charge in [0.1, 0.15) is 0 Å². The van der Waals surface area contributed by atoms with E-state index in [1.54, 1.807) is 0 Å². The minimum atomic E-state index is 0.768. The molecular formula is C12H26N2O. The number of nitrogens with one attached hydrogen (secondary N) is 1. The van der Waals surface area contributed by atoms with E-state index in [2.05, 4.69) is 31.0 Å². The molecule has 1 atom stereocenters. The first-order valence-electron chi connectivity index (χ1n) is 6.13. The monoisotopic (exact) mass is 214 g/mol. The summed E-state index contributed by atoms with van der Waals surface area (Å²) in [6.07, 6.45) is 4.48. The summed E-state index contributed by atoms with van der Waals surface area (Å²) in [5.41, 5.74) is 0. The van der Waals surface area contributed by atoms with Crippen molar-refractivity contribution in [2.75, 3.05) is 26.2 Å². The average Bonchev–Trinajstić information content (AvgIpc) is 2.25. The van der Waals surface area contributed by atoms with Gasteiger partial charge in [-0.05, 0) is 31.8 Å². The first-order valence-corrected chi connectivity index (χ1v) is 6.13. The summed E-state index contributed by atoms with van der Waals surface area (Å²) < 4.78 is 0. The lowest BCUT2D eigenvalue weighted by Gasteiger charge is -2.22. The van der Waals surface area contributed by atoms with Crippen molar-refractivity contribution in [3.8, 4) is 0 Å². The molecule has 0 aromatic heterocycles. The van der Waals surface area contributed by atoms with Gasteiger partial charge in [0.05, 0.1) is 0 Å². The third-order valence-corrected chi connectivity index (χ3v) is 2.83. The van der Waals surface area contributed by atoms with Crippen molar-refractivity contribution in [3.63, 3.8) is 0 Å². The number of carbonyl (C=O) groups excluding carboxylic acids is 1. The second kappa shape index (κ2) is 9.97. The molecule has 0 fully saturated rings. The zero-order valence-electron chi connectivity index (χ0n) is 10.5. The van der Waals surface area contributed by atoms with E-state index in [1.807, 2.05) is 0 Å². The van der Waals surface area contributed by atoms with E-state index in [4.69, 9.17) is 0 Å². The highest BCUT2D eigenvalue weighted by Crippen LogP contribution is 2.07. The predicted molar refractivity (Wildman–Crippen MR) is 64.9 cm³/mol. The van der Waals surface area contributed by atoms with Crippen LogP contribution in [0.25, 0.3) is 0 Å². The molecule has 0 aliphatic rings. The minimum absolute atomic E-state index is 0.768. The summed E-state index contributed by atoms with van der Waals surface area (Å²) in [6, 6.07) is 0. The molecule has 0 bridgehead atoms. The molecule has 0 radical (unpaired) electrons. The Morgan fingerprint density at radius 2 is 2.00 bits per heavy atom. The topological polar surface area (TPSA) is 32.3 Å². The Kier molecular flexibility index (Phi) is 9.59. The second-order valence-electron chi connectivity index (χ2n) is 4.22. The molecule has 0 aliphatic heterocycles. The zero-order chi connectivity index (χ0) is 11.5. The molecule has 1 amide bonds. The van der Waals surface area contributed by atoms with Crippen LogP contribution in [0.4, 0.5) is 0 Å². The number of nitrogens with zero attached hydrogens (tertiary/aromatic N) is 1. The van der Waals surface area contributed by atoms with Gasteiger partial charge >= 0.3 is 0 Å². The SMILES string of the molecule is CCCN(CCNC=O)CCC(C)CC. The molecule has 0 heterocycles. The number of carbonyl (C=O) groups is 1. The van der Waals surface area contributed by atoms with Crippen molar-refractivity contribution >= 4 is 6.41 Å². The Bertz CT molecular complexity index is 151. The van der Waals surface area contributed by atoms with E-state index < -0.39 is 0 Å². The van der Waals surface area contributed by atoms with Gasteiger partial charge in [0.2, 0.25) is 6.41 Å². The Morgan fingerprint density at radius 3 is 2.53 bits per heavy atom. The molecule has 15 heavy (non-hydrogen) atoms. The van der Waals surface area contributed by atoms with E-state index in [9.17, 15) is 4.79 Å². The van der Waals surface area contributed by atoms with Crippen molar-refractivity contribution < 1.29 is 4.79 Å². The summed E-state index contributed by atoms with van der Waals surface area (Å²) in [6.45, 7) is 10.8. The molecule has 0 saturated carbocycles. The van der Waals surface area contributed by atoms with Crippen LogP contribution in [0, 0.1) is 5.92 Å². The van der Waals surface area contributed by atoms with Crippen molar-refractivity contribution in [1.29, 1.82) is 0 Å². The summed E-state index contributed by atoms with van der Waals surface area (Å²) >= 11 is 0. The Morgan fingerprint density at radius 1 is 1.27 bits per heavy atom. The lowest BCUT2D eigenvalue weighted by Crippen LogP contribution is -2.33. The second-order valence-corrected chi connectivity index (χ2v) is 4.22. The van der Waals surface area contributed by atoms with Gasteiger partial charge in [-0.3, -0.25) is 4.79 Å². The molecule has 1 unspecified atom stereocenters. The quantitative estimate of drug-likeness (QED) is 0.445. The number of hydrogen-bond acceptors (Lipinski definition) is 2. The Balaban J connectivity index is 3.66. The van der Waals surface area contributed by atoms with Crippen LogP contribution in [-0.2, 0) is 4.79 Å². The third-order valence-electron chi connectivity index (χ3n) is 2.83. The summed E-state index contributed by atoms with van der Waals surface area (Å²) in [7, 11) is 0. The van der Waals surface area contributed by atoms with Crippen LogP contribution in [0.2, 0.25) is 0 Å². The Hall–Kier alpha value is -0.570. The maximum Gasteiger partial charge on any atom is 0.207 e. The highest BCUT2D eigenvalue weighted by molar-refractivity contribution is 5.45. The summed E-state index contributed by atoms with van der Waals surface area (Å²) in [4.78, 5) is 12.6. The number of amides is 1. The lowest BCUT2D eigenvalue weighted by atomic mass is 10.1. The van der Waals surface area contributed by atoms with E-state index in [0.29, 0.717) is 0 Å². The normalized spacial score (nSPS) is 12.8. The largest absolute Gasteiger partial charge is 0.357 e. The minimum Gasteiger partial charge on any atom is -0.357 e. The molecule has 3 nitrogen and oxygen atoms in total. The van der Waals surface area contributed by atoms with E-state index in [1.165, 1.54) is 19.3 Å². The fourth-order valence-electron chi connectivity index (χ4n) is 1.54. The molecule has 0 aliphatic carbocycles. The smallest absolute Gasteiger partial charge is 0.207 e. The van der Waals surface area contributed by atoms with Crippen LogP contribution in [0.15, 0.2) is 0 Å². The molecule has 0 saturated heterocycles. The van der Waals surface area contributed by atoms with Crippen LogP contribution in [0.3, 0.4) is 0 Å². The van der Waals surface area contributed by atoms with Crippen LogP contribution in [0.5, 0.6) is 0 Å². The Labute approximate surface area is 94.2 Å². The van der Waals surface area contributed by atoms with Gasteiger partial charge < -0.3 is 10.2 Å². The van der Waals surface area contributed by atoms with Gasteiger partial charge in [0.25, 0.3) is 0 Å². The third kappa shape index (κ3) is 8.43. The molecule has 0 aromatic carbocycles. The fraction of sp³-hybridized carbons (Fsp3) is 0.917. The van der Waals surface area contributed by atoms with Gasteiger partial charge in [0.15, 0.2) is 0 Å². The first-order chi connectivity index (χ1) is 7.24. The highest BCUT2D eigenvalue weighted by atomic mass is 16.1. The summed E-state index contributed by atoms with van der Waals surface area (Å²) in [5.74, 6) is 0.809. The highest BCUT2D eigenvalue weighted by Gasteiger charge is 2.05. The molecule has 0 aromatic rings. The lowest BCUT2D eigenvalue weighted by molar-refractivity contribution is -0.109. The summed E-state index contributed by atoms with van der Waals surface area (Å²) in [5, 5.41) is 2.72. The standard InChI is InChI=1S/C12H26N2O/c1-4-8-14(10-7-13-11-15)9-6-12(3)5-2/h11-12H,4-10H2,1-3H3,(H,13,15). The van der Waals surface area contributed by atoms with Crippen molar-refractivity contribution in [2.45, 2.75) is 40.0 Å². The van der Waals surface area contributed by atoms with Crippen molar-refractivity contribution in [3.05, 3.63) is 0 Å². The number of hydrogen-bond donors (Lipinski definition) is 1. The molecule has 0 rings (SSSR count). The molecule has 1 N–H and O–H groups in total. The predicted octanol–water partition coefficient (Wildman–Crippen LogP) is 1.88. The zero-order valence-corrected chi connectivity index (χ0v) is 10.5. The van der Waals surface area contributed by atoms with Gasteiger partial charge in [-0.2, -0.15) is 0 Å². The van der Waals surface area contributed by atoms with E-state index >= 15 is 0 Å². The van der Waals surface area contributed by atoms with Crippen LogP contribution < -0.4 is 5.32 Å². The van der Waals surface area contributed by atoms with Gasteiger partial charge in [-0.1, -0.05) is 27.2 Å². The fourth-order valence-corrected chi connectivity index (χ4v) is 1.54. The maximum absolute atomic E-state index is 10.1. The average molecular weight is 214 g/mol. The molecule has 0 spiro atoms. The van der Waals surface area contributed by atoms with Gasteiger partial charge in [-0.15, -0.1) is 0 Å². The molecule has 90 valence electrons. The molecular weight excluding hydrogens is 188 g/mol. The van der Waals surface area contributed by atoms with E-state index in [-0.39, 0.29) is 0 Å². The van der Waals surface area contributed by atoms with Crippen molar-refractivity contribution in [2.24, 2.45) is 5.92 Å². The van der Waals surface area contributed by atoms with Crippen LogP contribution in [-0.4, -0.2) is 37.5 Å². The van der Waals surface area contributed by atoms with Crippen LogP contribution in [0.1, 0.15) is 40.0 Å². The number of rotatable bonds is 10. The van der Waals surface area contributed by atoms with Gasteiger partial charge in [-0.25, -0.2) is 0 Å². The van der Waals surface area contributed by atoms with Crippen LogP contribution >= 0.6 is 0 Å².